The zero-order chi connectivity index (χ0) is 24.2. The van der Waals surface area contributed by atoms with Crippen molar-refractivity contribution in [3.05, 3.63) is 80.5 Å². The van der Waals surface area contributed by atoms with E-state index in [1.54, 1.807) is 11.3 Å². The molecule has 0 saturated heterocycles. The molecule has 1 saturated carbocycles. The topological polar surface area (TPSA) is 83.5 Å². The molecule has 0 radical (unpaired) electrons. The molecule has 1 heterocycles. The SMILES string of the molecule is Cc1sc(C)c(C(=O)NC2CCC(C(=O)O)CC2)c1Cc1ccc(-c2ccc(C=O)cc2)cc1. The Hall–Kier alpha value is -3.25. The van der Waals surface area contributed by atoms with Crippen LogP contribution in [0.4, 0.5) is 0 Å². The molecule has 1 aliphatic rings. The first-order valence-electron chi connectivity index (χ1n) is 11.6. The highest BCUT2D eigenvalue weighted by molar-refractivity contribution is 7.12. The van der Waals surface area contributed by atoms with E-state index in [-0.39, 0.29) is 17.9 Å². The lowest BCUT2D eigenvalue weighted by molar-refractivity contribution is -0.142. The Labute approximate surface area is 203 Å². The van der Waals surface area contributed by atoms with Crippen molar-refractivity contribution in [3.63, 3.8) is 0 Å². The Morgan fingerprint density at radius 3 is 2.09 bits per heavy atom. The molecule has 5 nitrogen and oxygen atoms in total. The number of benzene rings is 2. The summed E-state index contributed by atoms with van der Waals surface area (Å²) in [6, 6.07) is 15.9. The van der Waals surface area contributed by atoms with Crippen LogP contribution in [-0.4, -0.2) is 29.3 Å². The summed E-state index contributed by atoms with van der Waals surface area (Å²) in [6.45, 7) is 4.05. The number of thiophene rings is 1. The van der Waals surface area contributed by atoms with Crippen LogP contribution in [0, 0.1) is 19.8 Å². The highest BCUT2D eigenvalue weighted by atomic mass is 32.1. The molecule has 2 N–H and O–H groups in total. The maximum absolute atomic E-state index is 13.2. The number of aldehydes is 1. The molecule has 0 unspecified atom stereocenters. The van der Waals surface area contributed by atoms with Crippen molar-refractivity contribution >= 4 is 29.5 Å². The van der Waals surface area contributed by atoms with Crippen molar-refractivity contribution in [1.82, 2.24) is 5.32 Å². The monoisotopic (exact) mass is 475 g/mol. The van der Waals surface area contributed by atoms with Gasteiger partial charge >= 0.3 is 5.97 Å². The summed E-state index contributed by atoms with van der Waals surface area (Å²) >= 11 is 1.65. The van der Waals surface area contributed by atoms with Crippen LogP contribution in [0.2, 0.25) is 0 Å². The average Bonchev–Trinajstić information content (AvgIpc) is 3.12. The second-order valence-electron chi connectivity index (χ2n) is 9.04. The van der Waals surface area contributed by atoms with E-state index in [4.69, 9.17) is 0 Å². The van der Waals surface area contributed by atoms with Gasteiger partial charge in [-0.1, -0.05) is 48.5 Å². The number of carboxylic acid groups (broad SMARTS) is 1. The molecule has 1 fully saturated rings. The van der Waals surface area contributed by atoms with Gasteiger partial charge in [-0.2, -0.15) is 0 Å². The molecule has 0 aliphatic heterocycles. The fraction of sp³-hybridized carbons (Fsp3) is 0.321. The minimum Gasteiger partial charge on any atom is -0.481 e. The summed E-state index contributed by atoms with van der Waals surface area (Å²) in [5, 5.41) is 12.4. The van der Waals surface area contributed by atoms with Crippen LogP contribution in [0.1, 0.15) is 67.3 Å². The Morgan fingerprint density at radius 1 is 0.941 bits per heavy atom. The van der Waals surface area contributed by atoms with Crippen molar-refractivity contribution in [3.8, 4) is 11.1 Å². The van der Waals surface area contributed by atoms with Crippen molar-refractivity contribution in [1.29, 1.82) is 0 Å². The van der Waals surface area contributed by atoms with Gasteiger partial charge in [0.2, 0.25) is 0 Å². The number of hydrogen-bond donors (Lipinski definition) is 2. The predicted octanol–water partition coefficient (Wildman–Crippen LogP) is 5.81. The Kier molecular flexibility index (Phi) is 7.27. The number of carbonyl (C=O) groups is 3. The number of carboxylic acids is 1. The van der Waals surface area contributed by atoms with E-state index in [1.807, 2.05) is 31.2 Å². The van der Waals surface area contributed by atoms with Crippen LogP contribution >= 0.6 is 11.3 Å². The minimum absolute atomic E-state index is 0.0282. The summed E-state index contributed by atoms with van der Waals surface area (Å²) in [7, 11) is 0. The quantitative estimate of drug-likeness (QED) is 0.423. The Balaban J connectivity index is 1.47. The normalized spacial score (nSPS) is 17.8. The van der Waals surface area contributed by atoms with E-state index in [2.05, 4.69) is 36.5 Å². The molecule has 34 heavy (non-hydrogen) atoms. The van der Waals surface area contributed by atoms with Gasteiger partial charge in [-0.15, -0.1) is 11.3 Å². The first kappa shape index (κ1) is 23.9. The van der Waals surface area contributed by atoms with E-state index in [0.29, 0.717) is 37.7 Å². The molecule has 2 aromatic carbocycles. The Bertz CT molecular complexity index is 1190. The summed E-state index contributed by atoms with van der Waals surface area (Å²) in [5.74, 6) is -1.08. The van der Waals surface area contributed by atoms with Crippen LogP contribution in [0.5, 0.6) is 0 Å². The second kappa shape index (κ2) is 10.3. The highest BCUT2D eigenvalue weighted by Gasteiger charge is 2.28. The fourth-order valence-corrected chi connectivity index (χ4v) is 5.83. The smallest absolute Gasteiger partial charge is 0.306 e. The van der Waals surface area contributed by atoms with E-state index >= 15 is 0 Å². The maximum Gasteiger partial charge on any atom is 0.306 e. The maximum atomic E-state index is 13.2. The average molecular weight is 476 g/mol. The number of aryl methyl sites for hydroxylation is 2. The molecule has 1 aliphatic carbocycles. The van der Waals surface area contributed by atoms with Gasteiger partial charge in [0.15, 0.2) is 0 Å². The van der Waals surface area contributed by atoms with E-state index in [0.717, 1.165) is 43.9 Å². The molecule has 0 spiro atoms. The minimum atomic E-state index is -0.736. The Morgan fingerprint density at radius 2 is 1.53 bits per heavy atom. The molecule has 0 atom stereocenters. The summed E-state index contributed by atoms with van der Waals surface area (Å²) < 4.78 is 0. The molecular formula is C28H29NO4S. The number of rotatable bonds is 7. The van der Waals surface area contributed by atoms with Crippen LogP contribution in [0.15, 0.2) is 48.5 Å². The predicted molar refractivity (Wildman–Crippen MR) is 135 cm³/mol. The molecule has 1 aromatic heterocycles. The lowest BCUT2D eigenvalue weighted by Gasteiger charge is -2.27. The van der Waals surface area contributed by atoms with Gasteiger partial charge < -0.3 is 10.4 Å². The van der Waals surface area contributed by atoms with E-state index in [1.165, 1.54) is 0 Å². The lowest BCUT2D eigenvalue weighted by atomic mass is 9.86. The van der Waals surface area contributed by atoms with Crippen molar-refractivity contribution < 1.29 is 19.5 Å². The van der Waals surface area contributed by atoms with Gasteiger partial charge in [0, 0.05) is 21.4 Å². The zero-order valence-electron chi connectivity index (χ0n) is 19.5. The molecule has 3 aromatic rings. The van der Waals surface area contributed by atoms with Gasteiger partial charge in [0.05, 0.1) is 11.5 Å². The van der Waals surface area contributed by atoms with Crippen LogP contribution in [0.3, 0.4) is 0 Å². The largest absolute Gasteiger partial charge is 0.481 e. The van der Waals surface area contributed by atoms with Gasteiger partial charge in [-0.3, -0.25) is 14.4 Å². The summed E-state index contributed by atoms with van der Waals surface area (Å²) in [5.41, 5.74) is 5.74. The third-order valence-electron chi connectivity index (χ3n) is 6.74. The summed E-state index contributed by atoms with van der Waals surface area (Å²) in [4.78, 5) is 37.5. The summed E-state index contributed by atoms with van der Waals surface area (Å²) in [6.07, 6.45) is 4.14. The number of hydrogen-bond acceptors (Lipinski definition) is 4. The van der Waals surface area contributed by atoms with Crippen LogP contribution in [0.25, 0.3) is 11.1 Å². The molecular weight excluding hydrogens is 446 g/mol. The van der Waals surface area contributed by atoms with Gasteiger partial charge in [0.25, 0.3) is 5.91 Å². The van der Waals surface area contributed by atoms with Crippen molar-refractivity contribution in [2.24, 2.45) is 5.92 Å². The second-order valence-corrected chi connectivity index (χ2v) is 10.5. The van der Waals surface area contributed by atoms with Gasteiger partial charge in [0.1, 0.15) is 6.29 Å². The fourth-order valence-electron chi connectivity index (χ4n) is 4.76. The third kappa shape index (κ3) is 5.28. The number of nitrogens with one attached hydrogen (secondary N) is 1. The van der Waals surface area contributed by atoms with Crippen molar-refractivity contribution in [2.45, 2.75) is 52.0 Å². The van der Waals surface area contributed by atoms with Crippen molar-refractivity contribution in [2.75, 3.05) is 0 Å². The van der Waals surface area contributed by atoms with Gasteiger partial charge in [-0.05, 0) is 68.2 Å². The zero-order valence-corrected chi connectivity index (χ0v) is 20.3. The van der Waals surface area contributed by atoms with E-state index in [9.17, 15) is 19.5 Å². The third-order valence-corrected chi connectivity index (χ3v) is 7.80. The molecule has 4 rings (SSSR count). The number of carbonyl (C=O) groups excluding carboxylic acids is 2. The van der Waals surface area contributed by atoms with E-state index < -0.39 is 5.97 Å². The first-order valence-corrected chi connectivity index (χ1v) is 12.4. The van der Waals surface area contributed by atoms with Crippen LogP contribution < -0.4 is 5.32 Å². The molecule has 0 bridgehead atoms. The van der Waals surface area contributed by atoms with Crippen LogP contribution in [-0.2, 0) is 11.2 Å². The molecule has 6 heteroatoms. The highest BCUT2D eigenvalue weighted by Crippen LogP contribution is 2.31. The first-order chi connectivity index (χ1) is 16.4. The number of amides is 1. The molecule has 176 valence electrons. The molecule has 1 amide bonds. The van der Waals surface area contributed by atoms with Gasteiger partial charge in [-0.25, -0.2) is 0 Å². The number of aliphatic carboxylic acids is 1. The standard InChI is InChI=1S/C28H29NO4S/c1-17-25(15-19-3-7-21(8-4-19)22-9-5-20(16-30)6-10-22)26(18(2)34-17)27(31)29-24-13-11-23(12-14-24)28(32)33/h3-10,16,23-24H,11-15H2,1-2H3,(H,29,31)(H,32,33). The lowest BCUT2D eigenvalue weighted by Crippen LogP contribution is -2.39.